The number of rotatable bonds is 5. The number of halogens is 1. The number of nitrogens with zero attached hydrogens (tertiary/aromatic N) is 2. The Labute approximate surface area is 159 Å². The first-order valence-corrected chi connectivity index (χ1v) is 9.78. The van der Waals surface area contributed by atoms with E-state index in [0.717, 1.165) is 26.1 Å². The number of carbonyl (C=O) groups excluding carboxylic acids is 1. The second kappa shape index (κ2) is 7.99. The molecule has 0 aliphatic heterocycles. The highest BCUT2D eigenvalue weighted by atomic mass is 35.5. The number of thioether (sulfide) groups is 1. The van der Waals surface area contributed by atoms with Gasteiger partial charge in [0.15, 0.2) is 4.34 Å². The van der Waals surface area contributed by atoms with Gasteiger partial charge in [0.2, 0.25) is 5.13 Å². The maximum Gasteiger partial charge on any atom is 0.257 e. The lowest BCUT2D eigenvalue weighted by molar-refractivity contribution is 0.102. The molecule has 1 N–H and O–H groups in total. The summed E-state index contributed by atoms with van der Waals surface area (Å²) < 4.78 is 0.788. The first-order valence-electron chi connectivity index (χ1n) is 7.60. The third kappa shape index (κ3) is 4.81. The molecule has 0 aliphatic carbocycles. The van der Waals surface area contributed by atoms with Crippen molar-refractivity contribution in [2.24, 2.45) is 0 Å². The molecular weight excluding hydrogens is 374 g/mol. The van der Waals surface area contributed by atoms with E-state index in [9.17, 15) is 4.79 Å². The number of hydrogen-bond donors (Lipinski definition) is 1. The largest absolute Gasteiger partial charge is 0.296 e. The first kappa shape index (κ1) is 17.9. The number of benzene rings is 2. The molecule has 0 saturated carbocycles. The Morgan fingerprint density at radius 1 is 1.16 bits per heavy atom. The van der Waals surface area contributed by atoms with Crippen molar-refractivity contribution in [3.05, 3.63) is 69.7 Å². The summed E-state index contributed by atoms with van der Waals surface area (Å²) in [5.74, 6) is 0.532. The van der Waals surface area contributed by atoms with E-state index in [1.165, 1.54) is 11.3 Å². The van der Waals surface area contributed by atoms with Crippen molar-refractivity contribution in [1.82, 2.24) is 10.2 Å². The minimum Gasteiger partial charge on any atom is -0.296 e. The molecule has 7 heteroatoms. The zero-order valence-electron chi connectivity index (χ0n) is 13.7. The average molecular weight is 390 g/mol. The summed E-state index contributed by atoms with van der Waals surface area (Å²) in [5.41, 5.74) is 3.78. The molecule has 0 aliphatic rings. The molecule has 0 atom stereocenters. The van der Waals surface area contributed by atoms with Crippen molar-refractivity contribution in [3.63, 3.8) is 0 Å². The first-order chi connectivity index (χ1) is 12.0. The second-order valence-corrected chi connectivity index (χ2v) is 8.19. The smallest absolute Gasteiger partial charge is 0.257 e. The minimum atomic E-state index is -0.175. The van der Waals surface area contributed by atoms with Crippen LogP contribution >= 0.6 is 34.7 Å². The third-order valence-electron chi connectivity index (χ3n) is 3.42. The van der Waals surface area contributed by atoms with E-state index in [1.807, 2.05) is 56.3 Å². The highest BCUT2D eigenvalue weighted by molar-refractivity contribution is 8.00. The normalized spacial score (nSPS) is 10.7. The van der Waals surface area contributed by atoms with E-state index >= 15 is 0 Å². The van der Waals surface area contributed by atoms with E-state index in [-0.39, 0.29) is 5.91 Å². The van der Waals surface area contributed by atoms with Gasteiger partial charge in [0.1, 0.15) is 0 Å². The molecule has 1 heterocycles. The van der Waals surface area contributed by atoms with Gasteiger partial charge in [0.05, 0.1) is 0 Å². The van der Waals surface area contributed by atoms with Crippen molar-refractivity contribution < 1.29 is 4.79 Å². The van der Waals surface area contributed by atoms with Crippen LogP contribution in [-0.4, -0.2) is 16.1 Å². The van der Waals surface area contributed by atoms with Crippen LogP contribution in [0.3, 0.4) is 0 Å². The summed E-state index contributed by atoms with van der Waals surface area (Å²) in [5, 5.41) is 12.2. The summed E-state index contributed by atoms with van der Waals surface area (Å²) in [6, 6.07) is 13.5. The zero-order chi connectivity index (χ0) is 17.8. The number of hydrogen-bond acceptors (Lipinski definition) is 5. The van der Waals surface area contributed by atoms with Crippen molar-refractivity contribution in [2.45, 2.75) is 23.9 Å². The van der Waals surface area contributed by atoms with Gasteiger partial charge in [-0.05, 0) is 37.6 Å². The van der Waals surface area contributed by atoms with Gasteiger partial charge in [-0.2, -0.15) is 0 Å². The molecular formula is C18H16ClN3OS2. The van der Waals surface area contributed by atoms with Gasteiger partial charge >= 0.3 is 0 Å². The fourth-order valence-electron chi connectivity index (χ4n) is 2.35. The lowest BCUT2D eigenvalue weighted by Crippen LogP contribution is -2.12. The monoisotopic (exact) mass is 389 g/mol. The Bertz CT molecular complexity index is 891. The Balaban J connectivity index is 1.63. The van der Waals surface area contributed by atoms with Gasteiger partial charge in [-0.3, -0.25) is 10.1 Å². The Morgan fingerprint density at radius 3 is 2.60 bits per heavy atom. The molecule has 1 amide bonds. The predicted octanol–water partition coefficient (Wildman–Crippen LogP) is 5.35. The van der Waals surface area contributed by atoms with E-state index in [1.54, 1.807) is 11.8 Å². The topological polar surface area (TPSA) is 54.9 Å². The Hall–Kier alpha value is -1.89. The molecule has 3 aromatic rings. The third-order valence-corrected chi connectivity index (χ3v) is 5.81. The van der Waals surface area contributed by atoms with Crippen molar-refractivity contribution >= 4 is 45.7 Å². The molecule has 0 bridgehead atoms. The number of aryl methyl sites for hydroxylation is 2. The fourth-order valence-corrected chi connectivity index (χ4v) is 4.38. The lowest BCUT2D eigenvalue weighted by Gasteiger charge is -2.04. The van der Waals surface area contributed by atoms with Crippen LogP contribution in [0.1, 0.15) is 27.0 Å². The van der Waals surface area contributed by atoms with Crippen molar-refractivity contribution in [2.75, 3.05) is 5.32 Å². The fraction of sp³-hybridized carbons (Fsp3) is 0.167. The molecule has 128 valence electrons. The van der Waals surface area contributed by atoms with E-state index in [2.05, 4.69) is 15.5 Å². The van der Waals surface area contributed by atoms with Crippen molar-refractivity contribution in [1.29, 1.82) is 0 Å². The molecule has 1 aromatic heterocycles. The SMILES string of the molecule is Cc1cc(C)cc(C(=O)Nc2nnc(SCc3ccccc3Cl)s2)c1. The zero-order valence-corrected chi connectivity index (χ0v) is 16.1. The number of anilines is 1. The standard InChI is InChI=1S/C18H16ClN3OS2/c1-11-7-12(2)9-14(8-11)16(23)20-17-21-22-18(25-17)24-10-13-5-3-4-6-15(13)19/h3-9H,10H2,1-2H3,(H,20,21,23). The molecule has 25 heavy (non-hydrogen) atoms. The molecule has 0 fully saturated rings. The van der Waals surface area contributed by atoms with E-state index in [0.29, 0.717) is 16.4 Å². The number of amides is 1. The summed E-state index contributed by atoms with van der Waals surface area (Å²) in [7, 11) is 0. The summed E-state index contributed by atoms with van der Waals surface area (Å²) in [4.78, 5) is 12.4. The predicted molar refractivity (Wildman–Crippen MR) is 105 cm³/mol. The van der Waals surface area contributed by atoms with Crippen LogP contribution in [0.4, 0.5) is 5.13 Å². The quantitative estimate of drug-likeness (QED) is 0.471. The van der Waals surface area contributed by atoms with Crippen LogP contribution in [-0.2, 0) is 5.75 Å². The van der Waals surface area contributed by atoms with Crippen LogP contribution in [0.25, 0.3) is 0 Å². The van der Waals surface area contributed by atoms with Crippen LogP contribution in [0.2, 0.25) is 5.02 Å². The van der Waals surface area contributed by atoms with Crippen LogP contribution in [0.15, 0.2) is 46.8 Å². The van der Waals surface area contributed by atoms with Gasteiger partial charge in [0.25, 0.3) is 5.91 Å². The highest BCUT2D eigenvalue weighted by Gasteiger charge is 2.12. The van der Waals surface area contributed by atoms with Crippen molar-refractivity contribution in [3.8, 4) is 0 Å². The summed E-state index contributed by atoms with van der Waals surface area (Å²) in [6.07, 6.45) is 0. The number of carbonyl (C=O) groups is 1. The summed E-state index contributed by atoms with van der Waals surface area (Å²) >= 11 is 9.06. The van der Waals surface area contributed by atoms with Gasteiger partial charge in [-0.1, -0.05) is 70.1 Å². The van der Waals surface area contributed by atoms with Crippen LogP contribution in [0.5, 0.6) is 0 Å². The van der Waals surface area contributed by atoms with E-state index < -0.39 is 0 Å². The van der Waals surface area contributed by atoms with Gasteiger partial charge in [-0.25, -0.2) is 0 Å². The number of nitrogens with one attached hydrogen (secondary N) is 1. The minimum absolute atomic E-state index is 0.175. The maximum absolute atomic E-state index is 12.4. The molecule has 3 rings (SSSR count). The maximum atomic E-state index is 12.4. The molecule has 0 unspecified atom stereocenters. The molecule has 2 aromatic carbocycles. The second-order valence-electron chi connectivity index (χ2n) is 5.58. The Morgan fingerprint density at radius 2 is 1.88 bits per heavy atom. The Kier molecular flexibility index (Phi) is 5.73. The average Bonchev–Trinajstić information content (AvgIpc) is 3.00. The molecule has 4 nitrogen and oxygen atoms in total. The van der Waals surface area contributed by atoms with Gasteiger partial charge in [-0.15, -0.1) is 10.2 Å². The van der Waals surface area contributed by atoms with Gasteiger partial charge < -0.3 is 0 Å². The number of aromatic nitrogens is 2. The van der Waals surface area contributed by atoms with Crippen LogP contribution < -0.4 is 5.32 Å². The molecule has 0 saturated heterocycles. The molecule has 0 radical (unpaired) electrons. The lowest BCUT2D eigenvalue weighted by atomic mass is 10.1. The van der Waals surface area contributed by atoms with E-state index in [4.69, 9.17) is 11.6 Å². The van der Waals surface area contributed by atoms with Crippen LogP contribution in [0, 0.1) is 13.8 Å². The summed E-state index contributed by atoms with van der Waals surface area (Å²) in [6.45, 7) is 3.94. The molecule has 0 spiro atoms. The van der Waals surface area contributed by atoms with Gasteiger partial charge in [0, 0.05) is 16.3 Å². The highest BCUT2D eigenvalue weighted by Crippen LogP contribution is 2.30.